The molecule has 1 aliphatic carbocycles. The number of hydrogen-bond donors (Lipinski definition) is 0. The Labute approximate surface area is 134 Å². The number of alkyl halides is 1. The maximum Gasteiger partial charge on any atom is 0.225 e. The predicted octanol–water partition coefficient (Wildman–Crippen LogP) is 2.09. The van der Waals surface area contributed by atoms with Gasteiger partial charge < -0.3 is 4.90 Å². The van der Waals surface area contributed by atoms with Crippen LogP contribution in [0.5, 0.6) is 0 Å². The van der Waals surface area contributed by atoms with Crippen LogP contribution in [0.3, 0.4) is 0 Å². The van der Waals surface area contributed by atoms with E-state index in [-0.39, 0.29) is 11.8 Å². The minimum Gasteiger partial charge on any atom is -0.342 e. The van der Waals surface area contributed by atoms with Crippen molar-refractivity contribution in [2.75, 3.05) is 26.2 Å². The van der Waals surface area contributed by atoms with Gasteiger partial charge in [-0.1, -0.05) is 0 Å². The summed E-state index contributed by atoms with van der Waals surface area (Å²) in [6.45, 7) is 6.81. The molecule has 4 rings (SSSR count). The second-order valence-electron chi connectivity index (χ2n) is 7.08. The minimum absolute atomic E-state index is 0.0390. The van der Waals surface area contributed by atoms with Crippen molar-refractivity contribution in [1.82, 2.24) is 14.8 Å². The molecule has 2 aliphatic heterocycles. The largest absolute Gasteiger partial charge is 0.342 e. The van der Waals surface area contributed by atoms with Crippen LogP contribution < -0.4 is 0 Å². The normalized spacial score (nSPS) is 34.7. The first-order chi connectivity index (χ1) is 10.6. The average Bonchev–Trinajstić information content (AvgIpc) is 3.09. The topological polar surface area (TPSA) is 36.4 Å². The van der Waals surface area contributed by atoms with E-state index in [0.29, 0.717) is 24.7 Å². The number of likely N-dealkylation sites (tertiary alicyclic amines) is 2. The van der Waals surface area contributed by atoms with E-state index in [1.165, 1.54) is 5.69 Å². The Morgan fingerprint density at radius 2 is 2.00 bits per heavy atom. The molecule has 3 heterocycles. The lowest BCUT2D eigenvalue weighted by molar-refractivity contribution is -0.139. The molecule has 0 bridgehead atoms. The van der Waals surface area contributed by atoms with Gasteiger partial charge in [0.05, 0.1) is 10.7 Å². The number of thiazole rings is 1. The van der Waals surface area contributed by atoms with Crippen LogP contribution in [0, 0.1) is 24.7 Å². The van der Waals surface area contributed by atoms with E-state index in [1.54, 1.807) is 11.3 Å². The Kier molecular flexibility index (Phi) is 3.69. The molecule has 6 heteroatoms. The molecule has 1 aromatic rings. The van der Waals surface area contributed by atoms with Gasteiger partial charge in [-0.2, -0.15) is 0 Å². The zero-order chi connectivity index (χ0) is 15.3. The van der Waals surface area contributed by atoms with Crippen LogP contribution in [0.25, 0.3) is 0 Å². The number of carbonyl (C=O) groups excluding carboxylic acids is 1. The van der Waals surface area contributed by atoms with Gasteiger partial charge in [-0.25, -0.2) is 9.37 Å². The van der Waals surface area contributed by atoms with E-state index in [2.05, 4.69) is 15.3 Å². The molecular formula is C16H22FN3OS. The lowest BCUT2D eigenvalue weighted by Gasteiger charge is -2.32. The van der Waals surface area contributed by atoms with Gasteiger partial charge in [0.1, 0.15) is 6.17 Å². The van der Waals surface area contributed by atoms with Gasteiger partial charge in [-0.05, 0) is 31.6 Å². The van der Waals surface area contributed by atoms with Gasteiger partial charge in [0.15, 0.2) is 0 Å². The third-order valence-corrected chi connectivity index (χ3v) is 6.18. The van der Waals surface area contributed by atoms with Crippen molar-refractivity contribution >= 4 is 17.2 Å². The van der Waals surface area contributed by atoms with Crippen LogP contribution in [-0.2, 0) is 11.3 Å². The Morgan fingerprint density at radius 3 is 2.55 bits per heavy atom. The maximum absolute atomic E-state index is 12.9. The van der Waals surface area contributed by atoms with Crippen LogP contribution in [0.15, 0.2) is 5.38 Å². The highest BCUT2D eigenvalue weighted by Crippen LogP contribution is 2.36. The summed E-state index contributed by atoms with van der Waals surface area (Å²) in [5, 5.41) is 3.27. The van der Waals surface area contributed by atoms with E-state index in [9.17, 15) is 9.18 Å². The first kappa shape index (κ1) is 14.6. The highest BCUT2D eigenvalue weighted by molar-refractivity contribution is 7.09. The molecule has 3 fully saturated rings. The number of aromatic nitrogens is 1. The van der Waals surface area contributed by atoms with Crippen molar-refractivity contribution < 1.29 is 9.18 Å². The minimum atomic E-state index is -0.742. The van der Waals surface area contributed by atoms with Gasteiger partial charge >= 0.3 is 0 Å². The van der Waals surface area contributed by atoms with Crippen molar-refractivity contribution in [3.8, 4) is 0 Å². The fraction of sp³-hybridized carbons (Fsp3) is 0.750. The van der Waals surface area contributed by atoms with E-state index >= 15 is 0 Å². The van der Waals surface area contributed by atoms with E-state index in [1.807, 2.05) is 11.8 Å². The third kappa shape index (κ3) is 2.67. The molecule has 0 spiro atoms. The number of halogens is 1. The van der Waals surface area contributed by atoms with Crippen molar-refractivity contribution in [1.29, 1.82) is 0 Å². The van der Waals surface area contributed by atoms with Crippen LogP contribution in [-0.4, -0.2) is 53.0 Å². The lowest BCUT2D eigenvalue weighted by atomic mass is 9.82. The first-order valence-corrected chi connectivity index (χ1v) is 9.02. The van der Waals surface area contributed by atoms with E-state index in [4.69, 9.17) is 0 Å². The van der Waals surface area contributed by atoms with Crippen LogP contribution in [0.1, 0.15) is 23.5 Å². The fourth-order valence-corrected chi connectivity index (χ4v) is 4.72. The summed E-state index contributed by atoms with van der Waals surface area (Å²) in [5.74, 6) is 1.34. The summed E-state index contributed by atoms with van der Waals surface area (Å²) in [6.07, 6.45) is 0.146. The number of amides is 1. The molecule has 0 N–H and O–H groups in total. The van der Waals surface area contributed by atoms with Gasteiger partial charge in [-0.3, -0.25) is 9.69 Å². The standard InChI is InChI=1S/C16H22FN3OS/c1-10-18-15(9-22-10)8-19-4-12-6-20(7-13(12)5-19)16(21)11-2-14(17)3-11/h9,11-14H,2-8H2,1H3/t11?,12-,13-,14?/m0/s1. The Hall–Kier alpha value is -1.01. The second kappa shape index (κ2) is 5.57. The fourth-order valence-electron chi connectivity index (χ4n) is 4.12. The zero-order valence-corrected chi connectivity index (χ0v) is 13.7. The number of nitrogens with zero attached hydrogens (tertiary/aromatic N) is 3. The summed E-state index contributed by atoms with van der Waals surface area (Å²) in [6, 6.07) is 0. The molecule has 0 unspecified atom stereocenters. The number of fused-ring (bicyclic) bond motifs is 1. The summed E-state index contributed by atoms with van der Waals surface area (Å²) in [7, 11) is 0. The quantitative estimate of drug-likeness (QED) is 0.855. The molecule has 120 valence electrons. The summed E-state index contributed by atoms with van der Waals surface area (Å²) >= 11 is 1.70. The molecule has 1 amide bonds. The molecule has 2 saturated heterocycles. The lowest BCUT2D eigenvalue weighted by Crippen LogP contribution is -2.42. The van der Waals surface area contributed by atoms with E-state index < -0.39 is 6.17 Å². The van der Waals surface area contributed by atoms with Crippen molar-refractivity contribution in [3.63, 3.8) is 0 Å². The Balaban J connectivity index is 1.30. The van der Waals surface area contributed by atoms with Gasteiger partial charge in [0, 0.05) is 44.0 Å². The Morgan fingerprint density at radius 1 is 1.32 bits per heavy atom. The summed E-state index contributed by atoms with van der Waals surface area (Å²) < 4.78 is 12.9. The molecule has 22 heavy (non-hydrogen) atoms. The summed E-state index contributed by atoms with van der Waals surface area (Å²) in [5.41, 5.74) is 1.17. The van der Waals surface area contributed by atoms with E-state index in [0.717, 1.165) is 37.7 Å². The molecule has 1 aromatic heterocycles. The highest BCUT2D eigenvalue weighted by atomic mass is 32.1. The molecule has 0 aromatic carbocycles. The highest BCUT2D eigenvalue weighted by Gasteiger charge is 2.45. The molecule has 2 atom stereocenters. The van der Waals surface area contributed by atoms with Gasteiger partial charge in [0.25, 0.3) is 0 Å². The third-order valence-electron chi connectivity index (χ3n) is 5.36. The Bertz CT molecular complexity index is 557. The molecule has 0 radical (unpaired) electrons. The van der Waals surface area contributed by atoms with Gasteiger partial charge in [0.2, 0.25) is 5.91 Å². The number of hydrogen-bond acceptors (Lipinski definition) is 4. The molecule has 1 saturated carbocycles. The molecule has 3 aliphatic rings. The number of aryl methyl sites for hydroxylation is 1. The van der Waals surface area contributed by atoms with Crippen molar-refractivity contribution in [2.45, 2.75) is 32.5 Å². The maximum atomic E-state index is 12.9. The SMILES string of the molecule is Cc1nc(CN2C[C@H]3CN(C(=O)C4CC(F)C4)C[C@@H]3C2)cs1. The smallest absolute Gasteiger partial charge is 0.225 e. The van der Waals surface area contributed by atoms with Gasteiger partial charge in [-0.15, -0.1) is 11.3 Å². The monoisotopic (exact) mass is 323 g/mol. The average molecular weight is 323 g/mol. The molecule has 4 nitrogen and oxygen atoms in total. The second-order valence-corrected chi connectivity index (χ2v) is 8.14. The molecular weight excluding hydrogens is 301 g/mol. The van der Waals surface area contributed by atoms with Crippen molar-refractivity contribution in [2.24, 2.45) is 17.8 Å². The van der Waals surface area contributed by atoms with Crippen LogP contribution in [0.2, 0.25) is 0 Å². The zero-order valence-electron chi connectivity index (χ0n) is 12.9. The predicted molar refractivity (Wildman–Crippen MR) is 83.3 cm³/mol. The van der Waals surface area contributed by atoms with Crippen LogP contribution >= 0.6 is 11.3 Å². The number of rotatable bonds is 3. The first-order valence-electron chi connectivity index (χ1n) is 8.14. The summed E-state index contributed by atoms with van der Waals surface area (Å²) in [4.78, 5) is 21.3. The van der Waals surface area contributed by atoms with Crippen LogP contribution in [0.4, 0.5) is 4.39 Å². The number of carbonyl (C=O) groups is 1. The van der Waals surface area contributed by atoms with Crippen molar-refractivity contribution in [3.05, 3.63) is 16.1 Å².